The van der Waals surface area contributed by atoms with Gasteiger partial charge in [-0.1, -0.05) is 24.8 Å². The maximum absolute atomic E-state index is 12.9. The van der Waals surface area contributed by atoms with Gasteiger partial charge >= 0.3 is 0 Å². The van der Waals surface area contributed by atoms with Crippen molar-refractivity contribution in [1.29, 1.82) is 0 Å². The number of hydrogen-bond donors (Lipinski definition) is 2. The molecule has 1 atom stereocenters. The monoisotopic (exact) mass is 376 g/mol. The summed E-state index contributed by atoms with van der Waals surface area (Å²) in [6, 6.07) is 9.75. The molecule has 0 spiro atoms. The van der Waals surface area contributed by atoms with Gasteiger partial charge in [0.15, 0.2) is 0 Å². The number of nitrogens with zero attached hydrogens (tertiary/aromatic N) is 2. The molecule has 1 unspecified atom stereocenters. The van der Waals surface area contributed by atoms with Crippen molar-refractivity contribution in [2.24, 2.45) is 0 Å². The minimum absolute atomic E-state index is 0.149. The third-order valence-electron chi connectivity index (χ3n) is 3.46. The number of anilines is 1. The van der Waals surface area contributed by atoms with Crippen molar-refractivity contribution < 1.29 is 9.18 Å². The molecule has 3 rings (SSSR count). The summed E-state index contributed by atoms with van der Waals surface area (Å²) in [5.41, 5.74) is 0.568. The van der Waals surface area contributed by atoms with E-state index in [0.717, 1.165) is 5.82 Å². The number of aromatic nitrogens is 3. The van der Waals surface area contributed by atoms with Crippen LogP contribution in [0.5, 0.6) is 0 Å². The summed E-state index contributed by atoms with van der Waals surface area (Å²) in [6.45, 7) is 1.93. The van der Waals surface area contributed by atoms with Crippen molar-refractivity contribution in [3.05, 3.63) is 58.3 Å². The standard InChI is InChI=1S/C17H17FN4OS2/c1-2-14(16(23)19-12-7-5-11(18)6-8-12)25-17-20-15(21-22-17)10-13-4-3-9-24-13/h3-9,14H,2,10H2,1H3,(H,19,23)(H,20,21,22). The van der Waals surface area contributed by atoms with E-state index in [-0.39, 0.29) is 17.0 Å². The van der Waals surface area contributed by atoms with E-state index in [1.807, 2.05) is 24.4 Å². The average molecular weight is 376 g/mol. The molecule has 0 aliphatic rings. The van der Waals surface area contributed by atoms with Crippen molar-refractivity contribution in [1.82, 2.24) is 15.2 Å². The highest BCUT2D eigenvalue weighted by molar-refractivity contribution is 8.00. The fourth-order valence-electron chi connectivity index (χ4n) is 2.19. The van der Waals surface area contributed by atoms with Crippen LogP contribution in [0.4, 0.5) is 10.1 Å². The number of rotatable bonds is 7. The van der Waals surface area contributed by atoms with E-state index in [2.05, 4.69) is 20.5 Å². The minimum Gasteiger partial charge on any atom is -0.325 e. The van der Waals surface area contributed by atoms with Gasteiger partial charge in [0.25, 0.3) is 0 Å². The number of hydrogen-bond acceptors (Lipinski definition) is 5. The Balaban J connectivity index is 1.60. The van der Waals surface area contributed by atoms with E-state index >= 15 is 0 Å². The lowest BCUT2D eigenvalue weighted by Crippen LogP contribution is -2.24. The molecule has 130 valence electrons. The number of thioether (sulfide) groups is 1. The molecule has 3 aromatic rings. The van der Waals surface area contributed by atoms with Crippen LogP contribution in [0.2, 0.25) is 0 Å². The average Bonchev–Trinajstić information content (AvgIpc) is 3.27. The minimum atomic E-state index is -0.335. The molecule has 0 aliphatic heterocycles. The molecular weight excluding hydrogens is 359 g/mol. The van der Waals surface area contributed by atoms with Gasteiger partial charge in [-0.2, -0.15) is 0 Å². The number of thiophene rings is 1. The quantitative estimate of drug-likeness (QED) is 0.609. The third kappa shape index (κ3) is 4.90. The van der Waals surface area contributed by atoms with E-state index in [4.69, 9.17) is 0 Å². The van der Waals surface area contributed by atoms with E-state index in [1.54, 1.807) is 11.3 Å². The molecule has 2 aromatic heterocycles. The smallest absolute Gasteiger partial charge is 0.237 e. The van der Waals surface area contributed by atoms with Crippen LogP contribution in [0.15, 0.2) is 46.9 Å². The van der Waals surface area contributed by atoms with Gasteiger partial charge in [-0.3, -0.25) is 9.89 Å². The summed E-state index contributed by atoms with van der Waals surface area (Å²) in [5.74, 6) is 0.292. The van der Waals surface area contributed by atoms with E-state index in [9.17, 15) is 9.18 Å². The highest BCUT2D eigenvalue weighted by atomic mass is 32.2. The molecule has 2 heterocycles. The zero-order valence-electron chi connectivity index (χ0n) is 13.5. The van der Waals surface area contributed by atoms with E-state index in [1.165, 1.54) is 40.9 Å². The van der Waals surface area contributed by atoms with Crippen LogP contribution in [0.1, 0.15) is 24.0 Å². The Morgan fingerprint density at radius 1 is 1.36 bits per heavy atom. The summed E-state index contributed by atoms with van der Waals surface area (Å²) in [6.07, 6.45) is 1.33. The fourth-order valence-corrected chi connectivity index (χ4v) is 3.75. The lowest BCUT2D eigenvalue weighted by molar-refractivity contribution is -0.115. The van der Waals surface area contributed by atoms with Crippen molar-refractivity contribution in [2.45, 2.75) is 30.2 Å². The third-order valence-corrected chi connectivity index (χ3v) is 5.56. The topological polar surface area (TPSA) is 70.7 Å². The first-order valence-corrected chi connectivity index (χ1v) is 9.56. The normalized spacial score (nSPS) is 12.1. The summed E-state index contributed by atoms with van der Waals surface area (Å²) in [7, 11) is 0. The number of H-pyrrole nitrogens is 1. The summed E-state index contributed by atoms with van der Waals surface area (Å²) in [4.78, 5) is 18.1. The number of amides is 1. The van der Waals surface area contributed by atoms with Crippen LogP contribution in [0.3, 0.4) is 0 Å². The zero-order valence-corrected chi connectivity index (χ0v) is 15.2. The van der Waals surface area contributed by atoms with Crippen LogP contribution in [-0.4, -0.2) is 26.3 Å². The zero-order chi connectivity index (χ0) is 17.6. The molecule has 5 nitrogen and oxygen atoms in total. The second-order valence-corrected chi connectivity index (χ2v) is 7.53. The van der Waals surface area contributed by atoms with Crippen LogP contribution in [0.25, 0.3) is 0 Å². The second-order valence-electron chi connectivity index (χ2n) is 5.33. The molecule has 0 saturated heterocycles. The van der Waals surface area contributed by atoms with Crippen molar-refractivity contribution in [2.75, 3.05) is 5.32 Å². The summed E-state index contributed by atoms with van der Waals surface area (Å²) < 4.78 is 12.9. The molecule has 1 aromatic carbocycles. The van der Waals surface area contributed by atoms with Crippen molar-refractivity contribution in [3.8, 4) is 0 Å². The Hall–Kier alpha value is -2.19. The molecule has 0 saturated carbocycles. The SMILES string of the molecule is CCC(Sc1n[nH]c(Cc2cccs2)n1)C(=O)Nc1ccc(F)cc1. The molecule has 0 radical (unpaired) electrons. The number of benzene rings is 1. The molecule has 2 N–H and O–H groups in total. The number of carbonyl (C=O) groups excluding carboxylic acids is 1. The Bertz CT molecular complexity index is 818. The van der Waals surface area contributed by atoms with Crippen molar-refractivity contribution >= 4 is 34.7 Å². The molecule has 25 heavy (non-hydrogen) atoms. The highest BCUT2D eigenvalue weighted by Gasteiger charge is 2.20. The van der Waals surface area contributed by atoms with Crippen LogP contribution >= 0.6 is 23.1 Å². The van der Waals surface area contributed by atoms with Gasteiger partial charge in [-0.05, 0) is 42.1 Å². The van der Waals surface area contributed by atoms with Crippen LogP contribution in [0, 0.1) is 5.82 Å². The first-order valence-electron chi connectivity index (χ1n) is 7.81. The molecule has 0 aliphatic carbocycles. The number of aromatic amines is 1. The van der Waals surface area contributed by atoms with E-state index < -0.39 is 0 Å². The van der Waals surface area contributed by atoms with Gasteiger partial charge in [0, 0.05) is 17.0 Å². The van der Waals surface area contributed by atoms with Gasteiger partial charge in [0.05, 0.1) is 5.25 Å². The molecule has 0 bridgehead atoms. The summed E-state index contributed by atoms with van der Waals surface area (Å²) in [5, 5.41) is 12.1. The van der Waals surface area contributed by atoms with Gasteiger partial charge in [-0.25, -0.2) is 9.37 Å². The van der Waals surface area contributed by atoms with Crippen molar-refractivity contribution in [3.63, 3.8) is 0 Å². The van der Waals surface area contributed by atoms with E-state index in [0.29, 0.717) is 23.7 Å². The fraction of sp³-hybridized carbons (Fsp3) is 0.235. The van der Waals surface area contributed by atoms with Gasteiger partial charge in [0.1, 0.15) is 11.6 Å². The Morgan fingerprint density at radius 3 is 2.84 bits per heavy atom. The largest absolute Gasteiger partial charge is 0.325 e. The highest BCUT2D eigenvalue weighted by Crippen LogP contribution is 2.24. The molecule has 8 heteroatoms. The van der Waals surface area contributed by atoms with Crippen LogP contribution < -0.4 is 5.32 Å². The molecular formula is C17H17FN4OS2. The molecule has 0 fully saturated rings. The Kier molecular flexibility index (Phi) is 5.83. The maximum atomic E-state index is 12.9. The predicted octanol–water partition coefficient (Wildman–Crippen LogP) is 4.11. The lowest BCUT2D eigenvalue weighted by atomic mass is 10.2. The second kappa shape index (κ2) is 8.26. The Morgan fingerprint density at radius 2 is 2.16 bits per heavy atom. The number of halogens is 1. The number of carbonyl (C=O) groups is 1. The first-order chi connectivity index (χ1) is 12.1. The number of nitrogens with one attached hydrogen (secondary N) is 2. The molecule has 1 amide bonds. The van der Waals surface area contributed by atoms with Gasteiger partial charge < -0.3 is 5.32 Å². The maximum Gasteiger partial charge on any atom is 0.237 e. The first kappa shape index (κ1) is 17.6. The van der Waals surface area contributed by atoms with Gasteiger partial charge in [0.2, 0.25) is 11.1 Å². The van der Waals surface area contributed by atoms with Gasteiger partial charge in [-0.15, -0.1) is 16.4 Å². The predicted molar refractivity (Wildman–Crippen MR) is 98.5 cm³/mol. The Labute approximate surface area is 153 Å². The summed E-state index contributed by atoms with van der Waals surface area (Å²) >= 11 is 2.98. The van der Waals surface area contributed by atoms with Crippen LogP contribution in [-0.2, 0) is 11.2 Å². The lowest BCUT2D eigenvalue weighted by Gasteiger charge is -2.12.